The maximum absolute atomic E-state index is 12.4. The molecule has 2 aromatic rings. The fourth-order valence-electron chi connectivity index (χ4n) is 2.31. The van der Waals surface area contributed by atoms with Crippen molar-refractivity contribution in [3.05, 3.63) is 52.2 Å². The Hall–Kier alpha value is -2.18. The highest BCUT2D eigenvalue weighted by atomic mass is 32.1. The molecule has 1 heterocycles. The van der Waals surface area contributed by atoms with Crippen LogP contribution in [0.25, 0.3) is 0 Å². The Balaban J connectivity index is 2.02. The molecular formula is C18H22N2O3S. The summed E-state index contributed by atoms with van der Waals surface area (Å²) < 4.78 is 0. The normalized spacial score (nSPS) is 12.0. The molecule has 0 saturated heterocycles. The molecule has 0 spiro atoms. The van der Waals surface area contributed by atoms with E-state index in [-0.39, 0.29) is 18.4 Å². The molecule has 0 fully saturated rings. The molecule has 0 aliphatic carbocycles. The summed E-state index contributed by atoms with van der Waals surface area (Å²) in [4.78, 5) is 24.5. The van der Waals surface area contributed by atoms with Crippen molar-refractivity contribution < 1.29 is 14.7 Å². The predicted octanol–water partition coefficient (Wildman–Crippen LogP) is 3.14. The number of thiophene rings is 1. The van der Waals surface area contributed by atoms with E-state index in [0.717, 1.165) is 0 Å². The lowest BCUT2D eigenvalue weighted by Gasteiger charge is -2.15. The molecule has 0 aliphatic rings. The Labute approximate surface area is 145 Å². The molecule has 2 amide bonds. The first-order valence-corrected chi connectivity index (χ1v) is 8.80. The molecule has 24 heavy (non-hydrogen) atoms. The maximum atomic E-state index is 12.4. The van der Waals surface area contributed by atoms with Crippen LogP contribution in [-0.4, -0.2) is 29.6 Å². The summed E-state index contributed by atoms with van der Waals surface area (Å²) >= 11 is 1.44. The first-order chi connectivity index (χ1) is 11.5. The van der Waals surface area contributed by atoms with E-state index in [1.54, 1.807) is 35.7 Å². The van der Waals surface area contributed by atoms with Crippen LogP contribution in [0.2, 0.25) is 0 Å². The number of hydrogen-bond acceptors (Lipinski definition) is 4. The van der Waals surface area contributed by atoms with Crippen LogP contribution in [0, 0.1) is 5.92 Å². The van der Waals surface area contributed by atoms with Gasteiger partial charge in [0.25, 0.3) is 11.8 Å². The summed E-state index contributed by atoms with van der Waals surface area (Å²) in [6.07, 6.45) is 0.0399. The van der Waals surface area contributed by atoms with Crippen molar-refractivity contribution >= 4 is 28.8 Å². The number of amides is 2. The van der Waals surface area contributed by atoms with Crippen molar-refractivity contribution in [2.24, 2.45) is 5.92 Å². The first-order valence-electron chi connectivity index (χ1n) is 7.86. The number of aliphatic hydroxyl groups excluding tert-OH is 1. The highest BCUT2D eigenvalue weighted by Crippen LogP contribution is 2.17. The third-order valence-electron chi connectivity index (χ3n) is 3.44. The van der Waals surface area contributed by atoms with Crippen molar-refractivity contribution in [2.75, 3.05) is 11.9 Å². The van der Waals surface area contributed by atoms with Gasteiger partial charge in [-0.1, -0.05) is 26.0 Å². The average Bonchev–Trinajstić information content (AvgIpc) is 3.07. The molecular weight excluding hydrogens is 324 g/mol. The molecule has 1 aromatic heterocycles. The van der Waals surface area contributed by atoms with Gasteiger partial charge < -0.3 is 15.7 Å². The number of anilines is 1. The molecule has 3 N–H and O–H groups in total. The van der Waals surface area contributed by atoms with E-state index in [1.165, 1.54) is 11.3 Å². The van der Waals surface area contributed by atoms with Gasteiger partial charge in [-0.05, 0) is 35.9 Å². The van der Waals surface area contributed by atoms with Gasteiger partial charge in [-0.2, -0.15) is 11.3 Å². The fourth-order valence-corrected chi connectivity index (χ4v) is 2.95. The van der Waals surface area contributed by atoms with Gasteiger partial charge in [0.05, 0.1) is 22.9 Å². The third kappa shape index (κ3) is 5.18. The molecule has 2 rings (SSSR count). The molecule has 128 valence electrons. The Bertz CT molecular complexity index is 683. The standard InChI is InChI=1S/C18H22N2O3S/c1-12(2)9-14(21)10-19-18(23)15-5-3-4-6-16(15)20-17(22)13-7-8-24-11-13/h3-8,11-12,14,21H,9-10H2,1-2H3,(H,19,23)(H,20,22). The highest BCUT2D eigenvalue weighted by molar-refractivity contribution is 7.08. The Morgan fingerprint density at radius 3 is 2.58 bits per heavy atom. The smallest absolute Gasteiger partial charge is 0.256 e. The lowest BCUT2D eigenvalue weighted by Crippen LogP contribution is -2.33. The zero-order valence-electron chi connectivity index (χ0n) is 13.8. The number of aliphatic hydroxyl groups is 1. The summed E-state index contributed by atoms with van der Waals surface area (Å²) in [6.45, 7) is 4.21. The molecule has 6 heteroatoms. The van der Waals surface area contributed by atoms with Crippen LogP contribution in [0.15, 0.2) is 41.1 Å². The van der Waals surface area contributed by atoms with E-state index in [0.29, 0.717) is 29.2 Å². The van der Waals surface area contributed by atoms with Crippen molar-refractivity contribution in [3.8, 4) is 0 Å². The van der Waals surface area contributed by atoms with Gasteiger partial charge in [0.1, 0.15) is 0 Å². The second-order valence-corrected chi connectivity index (χ2v) is 6.79. The van der Waals surface area contributed by atoms with E-state index in [4.69, 9.17) is 0 Å². The zero-order chi connectivity index (χ0) is 17.5. The van der Waals surface area contributed by atoms with Gasteiger partial charge in [0, 0.05) is 11.9 Å². The Morgan fingerprint density at radius 2 is 1.92 bits per heavy atom. The molecule has 0 aliphatic heterocycles. The van der Waals surface area contributed by atoms with Crippen LogP contribution in [0.5, 0.6) is 0 Å². The molecule has 0 bridgehead atoms. The average molecular weight is 346 g/mol. The topological polar surface area (TPSA) is 78.4 Å². The van der Waals surface area contributed by atoms with E-state index < -0.39 is 6.10 Å². The number of carbonyl (C=O) groups excluding carboxylic acids is 2. The number of para-hydroxylation sites is 1. The van der Waals surface area contributed by atoms with Crippen molar-refractivity contribution in [2.45, 2.75) is 26.4 Å². The van der Waals surface area contributed by atoms with Crippen molar-refractivity contribution in [1.82, 2.24) is 5.32 Å². The van der Waals surface area contributed by atoms with Crippen LogP contribution in [-0.2, 0) is 0 Å². The molecule has 1 atom stereocenters. The SMILES string of the molecule is CC(C)CC(O)CNC(=O)c1ccccc1NC(=O)c1ccsc1. The summed E-state index contributed by atoms with van der Waals surface area (Å²) in [5.74, 6) is -0.218. The number of nitrogens with one attached hydrogen (secondary N) is 2. The number of benzene rings is 1. The minimum Gasteiger partial charge on any atom is -0.391 e. The minimum atomic E-state index is -0.582. The van der Waals surface area contributed by atoms with Crippen LogP contribution in [0.3, 0.4) is 0 Å². The predicted molar refractivity (Wildman–Crippen MR) is 96.5 cm³/mol. The maximum Gasteiger partial charge on any atom is 0.256 e. The minimum absolute atomic E-state index is 0.184. The largest absolute Gasteiger partial charge is 0.391 e. The molecule has 0 saturated carbocycles. The second kappa shape index (κ2) is 8.61. The summed E-state index contributed by atoms with van der Waals surface area (Å²) in [5, 5.41) is 18.9. The van der Waals surface area contributed by atoms with Gasteiger partial charge in [0.15, 0.2) is 0 Å². The van der Waals surface area contributed by atoms with Crippen molar-refractivity contribution in [3.63, 3.8) is 0 Å². The lowest BCUT2D eigenvalue weighted by molar-refractivity contribution is 0.0901. The first kappa shape index (κ1) is 18.2. The monoisotopic (exact) mass is 346 g/mol. The van der Waals surface area contributed by atoms with Gasteiger partial charge in [-0.3, -0.25) is 9.59 Å². The van der Waals surface area contributed by atoms with E-state index in [9.17, 15) is 14.7 Å². The quantitative estimate of drug-likeness (QED) is 0.721. The highest BCUT2D eigenvalue weighted by Gasteiger charge is 2.15. The number of hydrogen-bond donors (Lipinski definition) is 3. The summed E-state index contributed by atoms with van der Waals surface area (Å²) in [6, 6.07) is 8.55. The molecule has 1 aromatic carbocycles. The van der Waals surface area contributed by atoms with E-state index >= 15 is 0 Å². The van der Waals surface area contributed by atoms with Crippen LogP contribution >= 0.6 is 11.3 Å². The van der Waals surface area contributed by atoms with Gasteiger partial charge >= 0.3 is 0 Å². The van der Waals surface area contributed by atoms with E-state index in [1.807, 2.05) is 19.2 Å². The van der Waals surface area contributed by atoms with Gasteiger partial charge in [0.2, 0.25) is 0 Å². The van der Waals surface area contributed by atoms with Crippen LogP contribution in [0.4, 0.5) is 5.69 Å². The fraction of sp³-hybridized carbons (Fsp3) is 0.333. The van der Waals surface area contributed by atoms with Crippen LogP contribution < -0.4 is 10.6 Å². The van der Waals surface area contributed by atoms with Gasteiger partial charge in [-0.15, -0.1) is 0 Å². The molecule has 0 radical (unpaired) electrons. The Morgan fingerprint density at radius 1 is 1.17 bits per heavy atom. The molecule has 5 nitrogen and oxygen atoms in total. The van der Waals surface area contributed by atoms with Crippen molar-refractivity contribution in [1.29, 1.82) is 0 Å². The third-order valence-corrected chi connectivity index (χ3v) is 4.13. The second-order valence-electron chi connectivity index (χ2n) is 6.01. The van der Waals surface area contributed by atoms with E-state index in [2.05, 4.69) is 10.6 Å². The zero-order valence-corrected chi connectivity index (χ0v) is 14.6. The summed E-state index contributed by atoms with van der Waals surface area (Å²) in [7, 11) is 0. The van der Waals surface area contributed by atoms with Gasteiger partial charge in [-0.25, -0.2) is 0 Å². The Kier molecular flexibility index (Phi) is 6.52. The number of carbonyl (C=O) groups is 2. The molecule has 1 unspecified atom stereocenters. The number of rotatable bonds is 7. The van der Waals surface area contributed by atoms with Crippen LogP contribution in [0.1, 0.15) is 41.0 Å². The summed E-state index contributed by atoms with van der Waals surface area (Å²) in [5.41, 5.74) is 1.38. The lowest BCUT2D eigenvalue weighted by atomic mass is 10.1.